The van der Waals surface area contributed by atoms with Gasteiger partial charge in [-0.25, -0.2) is 9.18 Å². The summed E-state index contributed by atoms with van der Waals surface area (Å²) in [5, 5.41) is 3.07. The molecule has 1 aromatic carbocycles. The Kier molecular flexibility index (Phi) is 4.17. The highest BCUT2D eigenvalue weighted by atomic mass is 35.5. The normalized spacial score (nSPS) is 14.5. The number of amides is 2. The maximum Gasteiger partial charge on any atom is 0.409 e. The van der Waals surface area contributed by atoms with Crippen LogP contribution < -0.4 is 5.32 Å². The van der Waals surface area contributed by atoms with Gasteiger partial charge in [-0.2, -0.15) is 0 Å². The van der Waals surface area contributed by atoms with Crippen molar-refractivity contribution in [3.8, 4) is 0 Å². The second kappa shape index (κ2) is 6.10. The number of nitrogens with zero attached hydrogens (tertiary/aromatic N) is 1. The molecule has 1 aliphatic rings. The maximum absolute atomic E-state index is 13.8. The Morgan fingerprint density at radius 2 is 2.32 bits per heavy atom. The maximum atomic E-state index is 13.8. The molecule has 1 aliphatic heterocycles. The number of ether oxygens (including phenoxy) is 1. The van der Waals surface area contributed by atoms with E-state index in [2.05, 4.69) is 5.32 Å². The lowest BCUT2D eigenvalue weighted by atomic mass is 10.2. The van der Waals surface area contributed by atoms with Crippen LogP contribution in [0, 0.1) is 5.82 Å². The molecule has 5 nitrogen and oxygen atoms in total. The van der Waals surface area contributed by atoms with Crippen molar-refractivity contribution in [1.29, 1.82) is 0 Å². The van der Waals surface area contributed by atoms with Crippen molar-refractivity contribution in [1.82, 2.24) is 10.2 Å². The molecule has 0 aliphatic carbocycles. The fourth-order valence-corrected chi connectivity index (χ4v) is 3.70. The summed E-state index contributed by atoms with van der Waals surface area (Å²) >= 11 is 7.25. The van der Waals surface area contributed by atoms with E-state index in [-0.39, 0.29) is 33.8 Å². The van der Waals surface area contributed by atoms with E-state index in [1.807, 2.05) is 0 Å². The number of nitrogens with one attached hydrogen (secondary N) is 1. The Bertz CT molecular complexity index is 749. The van der Waals surface area contributed by atoms with Gasteiger partial charge in [0, 0.05) is 23.2 Å². The first-order chi connectivity index (χ1) is 10.6. The third kappa shape index (κ3) is 2.74. The molecule has 1 fully saturated rings. The van der Waals surface area contributed by atoms with Crippen molar-refractivity contribution in [2.45, 2.75) is 0 Å². The summed E-state index contributed by atoms with van der Waals surface area (Å²) < 4.78 is 19.2. The standard InChI is InChI=1S/C14H12ClFN2O3S/c15-11-10-8(16)2-1-3-9(10)22-12(11)13(19)17-4-5-18-6-7-21-14(18)20/h1-3H,4-7H2,(H,17,19). The van der Waals surface area contributed by atoms with Gasteiger partial charge in [0.25, 0.3) is 5.91 Å². The fourth-order valence-electron chi connectivity index (χ4n) is 2.23. The van der Waals surface area contributed by atoms with E-state index in [9.17, 15) is 14.0 Å². The van der Waals surface area contributed by atoms with Crippen LogP contribution in [0.1, 0.15) is 9.67 Å². The van der Waals surface area contributed by atoms with Crippen LogP contribution in [0.5, 0.6) is 0 Å². The van der Waals surface area contributed by atoms with Gasteiger partial charge in [0.1, 0.15) is 17.3 Å². The van der Waals surface area contributed by atoms with E-state index in [0.29, 0.717) is 24.4 Å². The summed E-state index contributed by atoms with van der Waals surface area (Å²) in [6.45, 7) is 1.53. The number of hydrogen-bond acceptors (Lipinski definition) is 4. The van der Waals surface area contributed by atoms with Crippen LogP contribution in [0.3, 0.4) is 0 Å². The molecule has 2 amide bonds. The first-order valence-electron chi connectivity index (χ1n) is 6.64. The molecule has 0 saturated carbocycles. The molecule has 1 saturated heterocycles. The number of thiophene rings is 1. The molecule has 0 unspecified atom stereocenters. The molecule has 0 radical (unpaired) electrons. The molecular formula is C14H12ClFN2O3S. The Balaban J connectivity index is 1.69. The Labute approximate surface area is 134 Å². The lowest BCUT2D eigenvalue weighted by Crippen LogP contribution is -2.35. The highest BCUT2D eigenvalue weighted by Gasteiger charge is 2.22. The van der Waals surface area contributed by atoms with E-state index < -0.39 is 5.82 Å². The summed E-state index contributed by atoms with van der Waals surface area (Å²) in [5.41, 5.74) is 0. The summed E-state index contributed by atoms with van der Waals surface area (Å²) in [5.74, 6) is -0.823. The van der Waals surface area contributed by atoms with E-state index in [1.54, 1.807) is 12.1 Å². The predicted molar refractivity (Wildman–Crippen MR) is 82.0 cm³/mol. The second-order valence-corrected chi connectivity index (χ2v) is 6.15. The third-order valence-electron chi connectivity index (χ3n) is 3.32. The minimum atomic E-state index is -0.447. The van der Waals surface area contributed by atoms with Crippen LogP contribution in [0.2, 0.25) is 5.02 Å². The first kappa shape index (κ1) is 15.1. The summed E-state index contributed by atoms with van der Waals surface area (Å²) in [4.78, 5) is 25.2. The van der Waals surface area contributed by atoms with Crippen molar-refractivity contribution in [2.24, 2.45) is 0 Å². The summed E-state index contributed by atoms with van der Waals surface area (Å²) in [6, 6.07) is 4.60. The highest BCUT2D eigenvalue weighted by molar-refractivity contribution is 7.21. The van der Waals surface area contributed by atoms with Gasteiger partial charge in [-0.15, -0.1) is 11.3 Å². The van der Waals surface area contributed by atoms with Gasteiger partial charge in [-0.1, -0.05) is 17.7 Å². The molecule has 0 atom stereocenters. The van der Waals surface area contributed by atoms with Crippen LogP contribution in [0.25, 0.3) is 10.1 Å². The van der Waals surface area contributed by atoms with Gasteiger partial charge in [0.05, 0.1) is 11.6 Å². The van der Waals surface area contributed by atoms with Crippen LogP contribution >= 0.6 is 22.9 Å². The molecule has 0 bridgehead atoms. The molecule has 0 spiro atoms. The largest absolute Gasteiger partial charge is 0.448 e. The van der Waals surface area contributed by atoms with Crippen LogP contribution in [-0.4, -0.2) is 43.1 Å². The molecule has 8 heteroatoms. The lowest BCUT2D eigenvalue weighted by molar-refractivity contribution is 0.0953. The Morgan fingerprint density at radius 3 is 3.00 bits per heavy atom. The van der Waals surface area contributed by atoms with Gasteiger partial charge >= 0.3 is 6.09 Å². The zero-order chi connectivity index (χ0) is 15.7. The van der Waals surface area contributed by atoms with E-state index in [1.165, 1.54) is 11.0 Å². The van der Waals surface area contributed by atoms with Gasteiger partial charge in [0.15, 0.2) is 0 Å². The zero-order valence-corrected chi connectivity index (χ0v) is 13.0. The number of rotatable bonds is 4. The smallest absolute Gasteiger partial charge is 0.409 e. The van der Waals surface area contributed by atoms with Gasteiger partial charge in [0.2, 0.25) is 0 Å². The average Bonchev–Trinajstić information content (AvgIpc) is 3.04. The van der Waals surface area contributed by atoms with E-state index in [4.69, 9.17) is 16.3 Å². The van der Waals surface area contributed by atoms with E-state index >= 15 is 0 Å². The van der Waals surface area contributed by atoms with Gasteiger partial charge in [-0.05, 0) is 12.1 Å². The Hall–Kier alpha value is -1.86. The molecule has 1 aromatic heterocycles. The van der Waals surface area contributed by atoms with Crippen molar-refractivity contribution < 1.29 is 18.7 Å². The molecule has 116 valence electrons. The second-order valence-electron chi connectivity index (χ2n) is 4.72. The number of carbonyl (C=O) groups is 2. The molecular weight excluding hydrogens is 331 g/mol. The average molecular weight is 343 g/mol. The van der Waals surface area contributed by atoms with Crippen molar-refractivity contribution >= 4 is 45.0 Å². The molecule has 1 N–H and O–H groups in total. The number of cyclic esters (lactones) is 1. The predicted octanol–water partition coefficient (Wildman–Crippen LogP) is 2.88. The third-order valence-corrected chi connectivity index (χ3v) is 4.97. The number of halogens is 2. The highest BCUT2D eigenvalue weighted by Crippen LogP contribution is 2.36. The number of carbonyl (C=O) groups excluding carboxylic acids is 2. The van der Waals surface area contributed by atoms with E-state index in [0.717, 1.165) is 11.3 Å². The summed E-state index contributed by atoms with van der Waals surface area (Å²) in [6.07, 6.45) is -0.379. The van der Waals surface area contributed by atoms with Gasteiger partial charge < -0.3 is 15.0 Å². The Morgan fingerprint density at radius 1 is 1.50 bits per heavy atom. The molecule has 2 aromatic rings. The first-order valence-corrected chi connectivity index (χ1v) is 7.84. The van der Waals surface area contributed by atoms with Crippen molar-refractivity contribution in [3.05, 3.63) is 33.9 Å². The fraction of sp³-hybridized carbons (Fsp3) is 0.286. The minimum Gasteiger partial charge on any atom is -0.448 e. The van der Waals surface area contributed by atoms with Crippen molar-refractivity contribution in [3.63, 3.8) is 0 Å². The molecule has 2 heterocycles. The molecule has 3 rings (SSSR count). The quantitative estimate of drug-likeness (QED) is 0.929. The SMILES string of the molecule is O=C(NCCN1CCOC1=O)c1sc2cccc(F)c2c1Cl. The van der Waals surface area contributed by atoms with Crippen LogP contribution in [0.15, 0.2) is 18.2 Å². The van der Waals surface area contributed by atoms with Gasteiger partial charge in [-0.3, -0.25) is 4.79 Å². The monoisotopic (exact) mass is 342 g/mol. The van der Waals surface area contributed by atoms with Crippen LogP contribution in [0.4, 0.5) is 9.18 Å². The minimum absolute atomic E-state index is 0.121. The summed E-state index contributed by atoms with van der Waals surface area (Å²) in [7, 11) is 0. The number of hydrogen-bond donors (Lipinski definition) is 1. The number of fused-ring (bicyclic) bond motifs is 1. The topological polar surface area (TPSA) is 58.6 Å². The van der Waals surface area contributed by atoms with Crippen molar-refractivity contribution in [2.75, 3.05) is 26.2 Å². The molecule has 22 heavy (non-hydrogen) atoms. The lowest BCUT2D eigenvalue weighted by Gasteiger charge is -2.12. The van der Waals surface area contributed by atoms with Crippen LogP contribution in [-0.2, 0) is 4.74 Å². The zero-order valence-electron chi connectivity index (χ0n) is 11.4. The number of benzene rings is 1.